The van der Waals surface area contributed by atoms with Crippen molar-refractivity contribution in [1.29, 1.82) is 0 Å². The van der Waals surface area contributed by atoms with Gasteiger partial charge in [0.2, 0.25) is 0 Å². The maximum absolute atomic E-state index is 12.6. The van der Waals surface area contributed by atoms with Crippen molar-refractivity contribution in [2.24, 2.45) is 5.92 Å². The average Bonchev–Trinajstić information content (AvgIpc) is 2.73. The van der Waals surface area contributed by atoms with E-state index in [4.69, 9.17) is 0 Å². The van der Waals surface area contributed by atoms with Gasteiger partial charge in [-0.15, -0.1) is 0 Å². The molecule has 3 nitrogen and oxygen atoms in total. The van der Waals surface area contributed by atoms with Gasteiger partial charge in [-0.25, -0.2) is 4.79 Å². The molecule has 1 fully saturated rings. The van der Waals surface area contributed by atoms with Crippen molar-refractivity contribution < 1.29 is 4.79 Å². The molecule has 3 heteroatoms. The van der Waals surface area contributed by atoms with Crippen LogP contribution in [0.15, 0.2) is 24.3 Å². The number of aryl methyl sites for hydroxylation is 1. The summed E-state index contributed by atoms with van der Waals surface area (Å²) >= 11 is 0. The molecule has 1 atom stereocenters. The fourth-order valence-electron chi connectivity index (χ4n) is 3.06. The van der Waals surface area contributed by atoms with E-state index in [1.807, 2.05) is 0 Å². The molecule has 0 unspecified atom stereocenters. The zero-order valence-electron chi connectivity index (χ0n) is 14.3. The summed E-state index contributed by atoms with van der Waals surface area (Å²) in [5, 5.41) is 3.11. The molecule has 1 saturated heterocycles. The molecule has 1 N–H and O–H groups in total. The third-order valence-electron chi connectivity index (χ3n) is 4.47. The molecule has 22 heavy (non-hydrogen) atoms. The van der Waals surface area contributed by atoms with Gasteiger partial charge in [0.1, 0.15) is 0 Å². The van der Waals surface area contributed by atoms with E-state index in [2.05, 4.69) is 55.3 Å². The highest BCUT2D eigenvalue weighted by Crippen LogP contribution is 2.30. The molecule has 1 aliphatic heterocycles. The molecular formula is C19H30N2O. The summed E-state index contributed by atoms with van der Waals surface area (Å²) < 4.78 is 0. The van der Waals surface area contributed by atoms with Crippen LogP contribution in [0.1, 0.15) is 63.1 Å². The van der Waals surface area contributed by atoms with Crippen LogP contribution >= 0.6 is 0 Å². The van der Waals surface area contributed by atoms with E-state index in [0.29, 0.717) is 5.92 Å². The van der Waals surface area contributed by atoms with Crippen LogP contribution in [0.5, 0.6) is 0 Å². The lowest BCUT2D eigenvalue weighted by atomic mass is 10.00. The van der Waals surface area contributed by atoms with Gasteiger partial charge in [0.25, 0.3) is 0 Å². The summed E-state index contributed by atoms with van der Waals surface area (Å²) in [6, 6.07) is 8.99. The number of carbonyl (C=O) groups is 1. The lowest BCUT2D eigenvalue weighted by Gasteiger charge is -2.30. The highest BCUT2D eigenvalue weighted by atomic mass is 16.2. The molecule has 1 aromatic rings. The van der Waals surface area contributed by atoms with Crippen LogP contribution in [0, 0.1) is 12.8 Å². The third kappa shape index (κ3) is 4.75. The minimum Gasteiger partial charge on any atom is -0.338 e. The second kappa shape index (κ2) is 8.21. The molecule has 0 bridgehead atoms. The quantitative estimate of drug-likeness (QED) is 0.861. The summed E-state index contributed by atoms with van der Waals surface area (Å²) in [6.07, 6.45) is 5.64. The zero-order valence-corrected chi connectivity index (χ0v) is 14.3. The summed E-state index contributed by atoms with van der Waals surface area (Å²) in [5.74, 6) is 0.623. The summed E-state index contributed by atoms with van der Waals surface area (Å²) in [4.78, 5) is 14.7. The second-order valence-electron chi connectivity index (χ2n) is 6.88. The van der Waals surface area contributed by atoms with Crippen LogP contribution in [-0.4, -0.2) is 24.0 Å². The number of benzene rings is 1. The molecule has 0 spiro atoms. The lowest BCUT2D eigenvalue weighted by Crippen LogP contribution is -2.42. The molecule has 0 radical (unpaired) electrons. The van der Waals surface area contributed by atoms with Gasteiger partial charge in [-0.1, -0.05) is 56.5 Å². The van der Waals surface area contributed by atoms with Crippen LogP contribution in [0.2, 0.25) is 0 Å². The van der Waals surface area contributed by atoms with Gasteiger partial charge in [0.05, 0.1) is 6.04 Å². The van der Waals surface area contributed by atoms with Crippen molar-refractivity contribution in [3.63, 3.8) is 0 Å². The van der Waals surface area contributed by atoms with Crippen molar-refractivity contribution in [2.45, 2.75) is 58.9 Å². The molecule has 1 aromatic carbocycles. The number of nitrogens with one attached hydrogen (secondary N) is 1. The van der Waals surface area contributed by atoms with Gasteiger partial charge in [-0.05, 0) is 37.7 Å². The van der Waals surface area contributed by atoms with E-state index in [0.717, 1.165) is 32.4 Å². The monoisotopic (exact) mass is 302 g/mol. The van der Waals surface area contributed by atoms with Gasteiger partial charge in [-0.3, -0.25) is 0 Å². The molecular weight excluding hydrogens is 272 g/mol. The predicted molar refractivity (Wildman–Crippen MR) is 91.9 cm³/mol. The van der Waals surface area contributed by atoms with Crippen molar-refractivity contribution in [3.8, 4) is 0 Å². The van der Waals surface area contributed by atoms with Crippen molar-refractivity contribution in [1.82, 2.24) is 10.2 Å². The van der Waals surface area contributed by atoms with Gasteiger partial charge >= 0.3 is 6.03 Å². The van der Waals surface area contributed by atoms with E-state index in [-0.39, 0.29) is 12.1 Å². The van der Waals surface area contributed by atoms with Crippen LogP contribution in [0.4, 0.5) is 4.79 Å². The van der Waals surface area contributed by atoms with E-state index in [9.17, 15) is 4.79 Å². The minimum absolute atomic E-state index is 0.105. The van der Waals surface area contributed by atoms with Gasteiger partial charge in [0.15, 0.2) is 0 Å². The Balaban J connectivity index is 2.06. The SMILES string of the molecule is Cc1ccc([C@H]2CCCCCN2C(=O)NCCC(C)C)cc1. The molecule has 1 aliphatic rings. The molecule has 0 saturated carbocycles. The molecule has 122 valence electrons. The molecule has 2 amide bonds. The Hall–Kier alpha value is -1.51. The Bertz CT molecular complexity index is 467. The average molecular weight is 302 g/mol. The number of hydrogen-bond donors (Lipinski definition) is 1. The Labute approximate surface area is 135 Å². The Morgan fingerprint density at radius 1 is 1.23 bits per heavy atom. The lowest BCUT2D eigenvalue weighted by molar-refractivity contribution is 0.175. The third-order valence-corrected chi connectivity index (χ3v) is 4.47. The van der Waals surface area contributed by atoms with Crippen molar-refractivity contribution in [3.05, 3.63) is 35.4 Å². The summed E-state index contributed by atoms with van der Waals surface area (Å²) in [7, 11) is 0. The topological polar surface area (TPSA) is 32.3 Å². The number of likely N-dealkylation sites (tertiary alicyclic amines) is 1. The van der Waals surface area contributed by atoms with Crippen LogP contribution in [-0.2, 0) is 0 Å². The second-order valence-corrected chi connectivity index (χ2v) is 6.88. The minimum atomic E-state index is 0.105. The summed E-state index contributed by atoms with van der Waals surface area (Å²) in [6.45, 7) is 8.12. The Kier molecular flexibility index (Phi) is 6.29. The largest absolute Gasteiger partial charge is 0.338 e. The number of carbonyl (C=O) groups excluding carboxylic acids is 1. The fraction of sp³-hybridized carbons (Fsp3) is 0.632. The van der Waals surface area contributed by atoms with Crippen molar-refractivity contribution >= 4 is 6.03 Å². The van der Waals surface area contributed by atoms with Gasteiger partial charge < -0.3 is 10.2 Å². The van der Waals surface area contributed by atoms with E-state index in [1.54, 1.807) is 0 Å². The molecule has 0 aromatic heterocycles. The Morgan fingerprint density at radius 2 is 1.95 bits per heavy atom. The fourth-order valence-corrected chi connectivity index (χ4v) is 3.06. The number of amides is 2. The smallest absolute Gasteiger partial charge is 0.317 e. The van der Waals surface area contributed by atoms with Crippen LogP contribution < -0.4 is 5.32 Å². The van der Waals surface area contributed by atoms with Crippen LogP contribution in [0.3, 0.4) is 0 Å². The van der Waals surface area contributed by atoms with Crippen molar-refractivity contribution in [2.75, 3.05) is 13.1 Å². The van der Waals surface area contributed by atoms with Crippen LogP contribution in [0.25, 0.3) is 0 Å². The van der Waals surface area contributed by atoms with Gasteiger partial charge in [0, 0.05) is 13.1 Å². The number of urea groups is 1. The highest BCUT2D eigenvalue weighted by molar-refractivity contribution is 5.74. The molecule has 1 heterocycles. The number of hydrogen-bond acceptors (Lipinski definition) is 1. The van der Waals surface area contributed by atoms with E-state index >= 15 is 0 Å². The summed E-state index contributed by atoms with van der Waals surface area (Å²) in [5.41, 5.74) is 2.54. The molecule has 2 rings (SSSR count). The normalized spacial score (nSPS) is 19.1. The standard InChI is InChI=1S/C19H30N2O/c1-15(2)12-13-20-19(22)21-14-6-4-5-7-18(21)17-10-8-16(3)9-11-17/h8-11,15,18H,4-7,12-14H2,1-3H3,(H,20,22)/t18-/m1/s1. The first-order chi connectivity index (χ1) is 10.6. The highest BCUT2D eigenvalue weighted by Gasteiger charge is 2.26. The van der Waals surface area contributed by atoms with E-state index < -0.39 is 0 Å². The predicted octanol–water partition coefficient (Wildman–Crippen LogP) is 4.67. The number of rotatable bonds is 4. The maximum atomic E-state index is 12.6. The Morgan fingerprint density at radius 3 is 2.64 bits per heavy atom. The zero-order chi connectivity index (χ0) is 15.9. The first-order valence-corrected chi connectivity index (χ1v) is 8.69. The molecule has 0 aliphatic carbocycles. The first-order valence-electron chi connectivity index (χ1n) is 8.69. The maximum Gasteiger partial charge on any atom is 0.317 e. The first kappa shape index (κ1) is 16.9. The van der Waals surface area contributed by atoms with E-state index in [1.165, 1.54) is 24.0 Å². The number of nitrogens with zero attached hydrogens (tertiary/aromatic N) is 1. The van der Waals surface area contributed by atoms with Gasteiger partial charge in [-0.2, -0.15) is 0 Å².